The van der Waals surface area contributed by atoms with Gasteiger partial charge in [0.25, 0.3) is 5.91 Å². The fourth-order valence-electron chi connectivity index (χ4n) is 4.42. The molecule has 34 heavy (non-hydrogen) atoms. The molecule has 2 aromatic heterocycles. The third kappa shape index (κ3) is 4.86. The van der Waals surface area contributed by atoms with Crippen molar-refractivity contribution in [1.82, 2.24) is 24.8 Å². The molecule has 0 aromatic carbocycles. The molecule has 1 amide bonds. The first kappa shape index (κ1) is 25.8. The molecule has 2 fully saturated rings. The number of nitrogens with one attached hydrogen (secondary N) is 1. The monoisotopic (exact) mass is 474 g/mol. The normalized spacial score (nSPS) is 30.9. The summed E-state index contributed by atoms with van der Waals surface area (Å²) in [6.45, 7) is 4.25. The molecule has 2 aliphatic rings. The molecule has 1 unspecified atom stereocenters. The van der Waals surface area contributed by atoms with Gasteiger partial charge >= 0.3 is 0 Å². The van der Waals surface area contributed by atoms with Crippen LogP contribution >= 0.6 is 0 Å². The summed E-state index contributed by atoms with van der Waals surface area (Å²) in [5.41, 5.74) is 5.47. The standard InChI is InChI=1S/C22H30N6O5.CH4/c1-3-12-5-8-22(32,9-6-12)10-7-13-26-18(23)14-19(27-13)28(11-25-14)21-16(30)15(29)17(33-21)20(31)24-4-2;/h11-12,15-17,21,29-30,32H,3-6,8-9H2,1-2H3,(H,24,31)(H2,23,26,27);1H4/t12?,15?,16-,17-,21+,22?;/m0./s1. The van der Waals surface area contributed by atoms with Gasteiger partial charge in [0.2, 0.25) is 5.82 Å². The van der Waals surface area contributed by atoms with Gasteiger partial charge in [-0.05, 0) is 44.4 Å². The van der Waals surface area contributed by atoms with Crippen molar-refractivity contribution in [2.24, 2.45) is 5.92 Å². The zero-order valence-corrected chi connectivity index (χ0v) is 18.7. The van der Waals surface area contributed by atoms with E-state index in [4.69, 9.17) is 10.5 Å². The van der Waals surface area contributed by atoms with Crippen molar-refractivity contribution >= 4 is 22.9 Å². The number of anilines is 1. The second-order valence-corrected chi connectivity index (χ2v) is 8.71. The maximum atomic E-state index is 12.2. The number of fused-ring (bicyclic) bond motifs is 1. The molecule has 6 N–H and O–H groups in total. The molecule has 0 bridgehead atoms. The highest BCUT2D eigenvalue weighted by Gasteiger charge is 2.47. The summed E-state index contributed by atoms with van der Waals surface area (Å²) in [6, 6.07) is 0. The number of hydrogen-bond donors (Lipinski definition) is 5. The molecule has 1 aliphatic heterocycles. The lowest BCUT2D eigenvalue weighted by Gasteiger charge is -2.31. The van der Waals surface area contributed by atoms with Gasteiger partial charge in [-0.2, -0.15) is 0 Å². The van der Waals surface area contributed by atoms with E-state index in [-0.39, 0.29) is 30.2 Å². The van der Waals surface area contributed by atoms with E-state index in [0.717, 1.165) is 19.3 Å². The van der Waals surface area contributed by atoms with Gasteiger partial charge in [0.15, 0.2) is 23.8 Å². The van der Waals surface area contributed by atoms with Gasteiger partial charge < -0.3 is 31.1 Å². The van der Waals surface area contributed by atoms with E-state index in [1.54, 1.807) is 6.92 Å². The molecule has 1 saturated heterocycles. The van der Waals surface area contributed by atoms with Crippen LogP contribution in [-0.2, 0) is 9.53 Å². The fraction of sp³-hybridized carbons (Fsp3) is 0.652. The molecule has 0 spiro atoms. The van der Waals surface area contributed by atoms with Crippen molar-refractivity contribution in [1.29, 1.82) is 0 Å². The molecule has 1 aliphatic carbocycles. The molecule has 186 valence electrons. The third-order valence-corrected chi connectivity index (χ3v) is 6.49. The Morgan fingerprint density at radius 2 is 2.00 bits per heavy atom. The number of carbonyl (C=O) groups is 1. The SMILES string of the molecule is C.CCNC(=O)[C@H]1O[C@@H](n2cnc3c(N)nc(C#CC4(O)CCC(CC)CC4)nc32)[C@@H](O)C1O. The number of nitrogens with two attached hydrogens (primary N) is 1. The maximum absolute atomic E-state index is 12.2. The number of hydrogen-bond acceptors (Lipinski definition) is 9. The Kier molecular flexibility index (Phi) is 7.77. The van der Waals surface area contributed by atoms with Crippen LogP contribution in [0.3, 0.4) is 0 Å². The Morgan fingerprint density at radius 3 is 2.65 bits per heavy atom. The Bertz CT molecular complexity index is 1080. The van der Waals surface area contributed by atoms with Crippen LogP contribution in [0.5, 0.6) is 0 Å². The largest absolute Gasteiger partial charge is 0.387 e. The molecule has 1 saturated carbocycles. The zero-order chi connectivity index (χ0) is 23.8. The summed E-state index contributed by atoms with van der Waals surface area (Å²) in [6.07, 6.45) is 0.298. The van der Waals surface area contributed by atoms with Crippen LogP contribution in [0.2, 0.25) is 0 Å². The van der Waals surface area contributed by atoms with Gasteiger partial charge in [0.1, 0.15) is 23.3 Å². The second-order valence-electron chi connectivity index (χ2n) is 8.71. The molecule has 2 aromatic rings. The Balaban J connectivity index is 0.00000324. The number of aliphatic hydroxyl groups is 3. The number of aromatic nitrogens is 4. The minimum Gasteiger partial charge on any atom is -0.387 e. The van der Waals surface area contributed by atoms with E-state index in [9.17, 15) is 20.1 Å². The van der Waals surface area contributed by atoms with E-state index >= 15 is 0 Å². The number of likely N-dealkylation sites (N-methyl/N-ethyl adjacent to an activating group) is 1. The lowest BCUT2D eigenvalue weighted by molar-refractivity contribution is -0.137. The first-order valence-electron chi connectivity index (χ1n) is 11.3. The molecule has 3 heterocycles. The topological polar surface area (TPSA) is 169 Å². The number of nitrogens with zero attached hydrogens (tertiary/aromatic N) is 4. The molecular weight excluding hydrogens is 440 g/mol. The molecule has 11 heteroatoms. The summed E-state index contributed by atoms with van der Waals surface area (Å²) in [5, 5.41) is 34.2. The average Bonchev–Trinajstić information content (AvgIpc) is 3.35. The van der Waals surface area contributed by atoms with Crippen molar-refractivity contribution in [3.8, 4) is 11.8 Å². The van der Waals surface area contributed by atoms with E-state index < -0.39 is 36.0 Å². The molecule has 11 nitrogen and oxygen atoms in total. The maximum Gasteiger partial charge on any atom is 0.252 e. The first-order chi connectivity index (χ1) is 15.8. The minimum absolute atomic E-state index is 0. The van der Waals surface area contributed by atoms with Crippen LogP contribution in [0.15, 0.2) is 6.33 Å². The van der Waals surface area contributed by atoms with E-state index in [0.29, 0.717) is 25.3 Å². The molecule has 4 rings (SSSR count). The zero-order valence-electron chi connectivity index (χ0n) is 18.7. The smallest absolute Gasteiger partial charge is 0.252 e. The van der Waals surface area contributed by atoms with Gasteiger partial charge in [-0.15, -0.1) is 0 Å². The average molecular weight is 475 g/mol. The number of imidazole rings is 1. The highest BCUT2D eigenvalue weighted by Crippen LogP contribution is 2.34. The fourth-order valence-corrected chi connectivity index (χ4v) is 4.42. The van der Waals surface area contributed by atoms with Gasteiger partial charge in [0.05, 0.1) is 6.33 Å². The number of amides is 1. The van der Waals surface area contributed by atoms with Crippen molar-refractivity contribution in [3.05, 3.63) is 12.2 Å². The number of rotatable bonds is 4. The number of carbonyl (C=O) groups excluding carboxylic acids is 1. The van der Waals surface area contributed by atoms with Gasteiger partial charge in [-0.25, -0.2) is 15.0 Å². The van der Waals surface area contributed by atoms with Gasteiger partial charge in [-0.3, -0.25) is 9.36 Å². The molecule has 4 atom stereocenters. The summed E-state index contributed by atoms with van der Waals surface area (Å²) >= 11 is 0. The van der Waals surface area contributed by atoms with Crippen molar-refractivity contribution in [3.63, 3.8) is 0 Å². The highest BCUT2D eigenvalue weighted by molar-refractivity contribution is 5.83. The van der Waals surface area contributed by atoms with Gasteiger partial charge in [-0.1, -0.05) is 26.7 Å². The van der Waals surface area contributed by atoms with Crippen LogP contribution in [0.1, 0.15) is 65.4 Å². The minimum atomic E-state index is -1.43. The summed E-state index contributed by atoms with van der Waals surface area (Å²) < 4.78 is 7.05. The Labute approximate surface area is 198 Å². The Hall–Kier alpha value is -2.78. The van der Waals surface area contributed by atoms with E-state index in [2.05, 4.69) is 39.0 Å². The van der Waals surface area contributed by atoms with Gasteiger partial charge in [0, 0.05) is 6.54 Å². The quantitative estimate of drug-likeness (QED) is 0.396. The van der Waals surface area contributed by atoms with E-state index in [1.807, 2.05) is 0 Å². The van der Waals surface area contributed by atoms with Crippen LogP contribution in [0, 0.1) is 17.8 Å². The lowest BCUT2D eigenvalue weighted by atomic mass is 9.78. The summed E-state index contributed by atoms with van der Waals surface area (Å²) in [5.74, 6) is 6.00. The van der Waals surface area contributed by atoms with Crippen LogP contribution < -0.4 is 11.1 Å². The predicted molar refractivity (Wildman–Crippen MR) is 125 cm³/mol. The number of aliphatic hydroxyl groups excluding tert-OH is 2. The van der Waals surface area contributed by atoms with Crippen LogP contribution in [0.4, 0.5) is 5.82 Å². The van der Waals surface area contributed by atoms with Crippen LogP contribution in [0.25, 0.3) is 11.2 Å². The van der Waals surface area contributed by atoms with Crippen molar-refractivity contribution in [2.75, 3.05) is 12.3 Å². The number of nitrogen functional groups attached to an aromatic ring is 1. The number of ether oxygens (including phenoxy) is 1. The van der Waals surface area contributed by atoms with Crippen LogP contribution in [-0.4, -0.2) is 71.2 Å². The first-order valence-corrected chi connectivity index (χ1v) is 11.3. The van der Waals surface area contributed by atoms with Crippen molar-refractivity contribution in [2.45, 2.75) is 83.5 Å². The predicted octanol–water partition coefficient (Wildman–Crippen LogP) is 0.483. The molecular formula is C23H34N6O5. The summed E-state index contributed by atoms with van der Waals surface area (Å²) in [4.78, 5) is 24.9. The Morgan fingerprint density at radius 1 is 1.29 bits per heavy atom. The lowest BCUT2D eigenvalue weighted by Crippen LogP contribution is -2.42. The summed E-state index contributed by atoms with van der Waals surface area (Å²) in [7, 11) is 0. The molecule has 0 radical (unpaired) electrons. The highest BCUT2D eigenvalue weighted by atomic mass is 16.6. The second kappa shape index (κ2) is 10.2. The third-order valence-electron chi connectivity index (χ3n) is 6.49. The van der Waals surface area contributed by atoms with Crippen molar-refractivity contribution < 1.29 is 24.9 Å². The van der Waals surface area contributed by atoms with E-state index in [1.165, 1.54) is 10.9 Å².